The highest BCUT2D eigenvalue weighted by Crippen LogP contribution is 2.40. The first-order chi connectivity index (χ1) is 18.0. The van der Waals surface area contributed by atoms with Crippen LogP contribution in [0.4, 0.5) is 0 Å². The highest BCUT2D eigenvalue weighted by Gasteiger charge is 2.36. The Labute approximate surface area is 219 Å². The van der Waals surface area contributed by atoms with Gasteiger partial charge in [-0.25, -0.2) is 0 Å². The summed E-state index contributed by atoms with van der Waals surface area (Å²) < 4.78 is 16.7. The van der Waals surface area contributed by atoms with Crippen LogP contribution in [0.15, 0.2) is 34.7 Å². The van der Waals surface area contributed by atoms with Crippen molar-refractivity contribution in [2.45, 2.75) is 90.7 Å². The normalized spacial score (nSPS) is 15.1. The van der Waals surface area contributed by atoms with Crippen molar-refractivity contribution >= 4 is 22.8 Å². The number of ether oxygens (including phenoxy) is 2. The zero-order valence-electron chi connectivity index (χ0n) is 22.4. The predicted octanol–water partition coefficient (Wildman–Crippen LogP) is 6.84. The molecule has 1 N–H and O–H groups in total. The fraction of sp³-hybridized carbons (Fsp3) is 0.533. The second kappa shape index (κ2) is 12.8. The number of aromatic nitrogens is 1. The molecule has 37 heavy (non-hydrogen) atoms. The second-order valence-electron chi connectivity index (χ2n) is 9.98. The standard InChI is InChI=1S/C30H40N2O5/c1-4-5-6-7-8-9-10-11-12-28(34)32-18-17-24-25-19-22(35-3)13-15-26(25)31-29(24)30(32)27-16-14-23(37-27)20-36-21(2)33/h13-16,19,30-31H,4-12,17-18,20H2,1-3H3/t30-/m0/s1. The van der Waals surface area contributed by atoms with Crippen molar-refractivity contribution < 1.29 is 23.5 Å². The quantitative estimate of drug-likeness (QED) is 0.202. The third-order valence-corrected chi connectivity index (χ3v) is 7.27. The molecule has 1 amide bonds. The molecule has 0 saturated carbocycles. The van der Waals surface area contributed by atoms with E-state index in [2.05, 4.69) is 11.9 Å². The molecule has 7 heteroatoms. The SMILES string of the molecule is CCCCCCCCCCC(=O)N1CCc2c([nH]c3ccc(OC)cc23)[C@@H]1c1ccc(COC(C)=O)o1. The zero-order chi connectivity index (χ0) is 26.2. The second-order valence-corrected chi connectivity index (χ2v) is 9.98. The minimum absolute atomic E-state index is 0.0744. The van der Waals surface area contributed by atoms with E-state index in [1.54, 1.807) is 7.11 Å². The zero-order valence-corrected chi connectivity index (χ0v) is 22.4. The Morgan fingerprint density at radius 2 is 1.81 bits per heavy atom. The van der Waals surface area contributed by atoms with Crippen molar-refractivity contribution in [3.8, 4) is 5.75 Å². The molecule has 0 saturated heterocycles. The summed E-state index contributed by atoms with van der Waals surface area (Å²) in [5, 5.41) is 1.11. The molecule has 7 nitrogen and oxygen atoms in total. The van der Waals surface area contributed by atoms with Crippen LogP contribution in [-0.4, -0.2) is 35.4 Å². The lowest BCUT2D eigenvalue weighted by Crippen LogP contribution is -2.40. The van der Waals surface area contributed by atoms with Gasteiger partial charge in [-0.05, 0) is 48.7 Å². The maximum Gasteiger partial charge on any atom is 0.303 e. The highest BCUT2D eigenvalue weighted by atomic mass is 16.5. The number of hydrogen-bond acceptors (Lipinski definition) is 5. The summed E-state index contributed by atoms with van der Waals surface area (Å²) in [5.74, 6) is 1.83. The Bertz CT molecular complexity index is 1190. The van der Waals surface area contributed by atoms with Gasteiger partial charge in [0.25, 0.3) is 0 Å². The molecule has 0 unspecified atom stereocenters. The topological polar surface area (TPSA) is 84.8 Å². The summed E-state index contributed by atoms with van der Waals surface area (Å²) in [7, 11) is 1.67. The minimum atomic E-state index is -0.357. The number of amides is 1. The molecule has 0 fully saturated rings. The lowest BCUT2D eigenvalue weighted by Gasteiger charge is -2.35. The average Bonchev–Trinajstić information content (AvgIpc) is 3.52. The molecule has 1 aromatic carbocycles. The van der Waals surface area contributed by atoms with E-state index in [1.165, 1.54) is 51.0 Å². The van der Waals surface area contributed by atoms with Crippen LogP contribution in [0.2, 0.25) is 0 Å². The monoisotopic (exact) mass is 508 g/mol. The lowest BCUT2D eigenvalue weighted by atomic mass is 9.95. The molecule has 0 spiro atoms. The Kier molecular flexibility index (Phi) is 9.31. The van der Waals surface area contributed by atoms with Gasteiger partial charge in [0, 0.05) is 30.8 Å². The number of H-pyrrole nitrogens is 1. The molecule has 1 aliphatic heterocycles. The Hall–Kier alpha value is -3.22. The summed E-state index contributed by atoms with van der Waals surface area (Å²) in [6.45, 7) is 4.31. The van der Waals surface area contributed by atoms with Gasteiger partial charge in [0.05, 0.1) is 12.8 Å². The van der Waals surface area contributed by atoms with Gasteiger partial charge < -0.3 is 23.8 Å². The summed E-state index contributed by atoms with van der Waals surface area (Å²) in [6, 6.07) is 9.36. The van der Waals surface area contributed by atoms with Crippen LogP contribution in [-0.2, 0) is 27.4 Å². The lowest BCUT2D eigenvalue weighted by molar-refractivity contribution is -0.142. The number of nitrogens with zero attached hydrogens (tertiary/aromatic N) is 1. The van der Waals surface area contributed by atoms with Crippen LogP contribution in [0.25, 0.3) is 10.9 Å². The molecule has 1 atom stereocenters. The largest absolute Gasteiger partial charge is 0.497 e. The molecule has 3 aromatic rings. The maximum absolute atomic E-state index is 13.5. The van der Waals surface area contributed by atoms with Crippen molar-refractivity contribution in [3.05, 3.63) is 53.1 Å². The summed E-state index contributed by atoms with van der Waals surface area (Å²) >= 11 is 0. The summed E-state index contributed by atoms with van der Waals surface area (Å²) in [4.78, 5) is 30.3. The molecule has 0 bridgehead atoms. The number of rotatable bonds is 13. The van der Waals surface area contributed by atoms with Gasteiger partial charge in [-0.1, -0.05) is 51.9 Å². The number of unbranched alkanes of at least 4 members (excludes halogenated alkanes) is 7. The van der Waals surface area contributed by atoms with Gasteiger partial charge in [0.2, 0.25) is 5.91 Å². The van der Waals surface area contributed by atoms with E-state index >= 15 is 0 Å². The summed E-state index contributed by atoms with van der Waals surface area (Å²) in [5.41, 5.74) is 3.18. The Morgan fingerprint density at radius 1 is 1.05 bits per heavy atom. The van der Waals surface area contributed by atoms with E-state index < -0.39 is 0 Å². The minimum Gasteiger partial charge on any atom is -0.497 e. The first kappa shape index (κ1) is 26.8. The third kappa shape index (κ3) is 6.56. The van der Waals surface area contributed by atoms with E-state index in [0.29, 0.717) is 24.5 Å². The number of aromatic amines is 1. The predicted molar refractivity (Wildman–Crippen MR) is 144 cm³/mol. The number of fused-ring (bicyclic) bond motifs is 3. The van der Waals surface area contributed by atoms with Crippen molar-refractivity contribution in [1.82, 2.24) is 9.88 Å². The van der Waals surface area contributed by atoms with Gasteiger partial charge in [-0.15, -0.1) is 0 Å². The first-order valence-corrected chi connectivity index (χ1v) is 13.7. The van der Waals surface area contributed by atoms with Crippen LogP contribution >= 0.6 is 0 Å². The molecule has 2 aromatic heterocycles. The fourth-order valence-electron chi connectivity index (χ4n) is 5.30. The number of carbonyl (C=O) groups excluding carboxylic acids is 2. The van der Waals surface area contributed by atoms with Crippen molar-refractivity contribution in [2.24, 2.45) is 0 Å². The van der Waals surface area contributed by atoms with E-state index in [9.17, 15) is 9.59 Å². The summed E-state index contributed by atoms with van der Waals surface area (Å²) in [6.07, 6.45) is 10.9. The van der Waals surface area contributed by atoms with Gasteiger partial charge in [0.15, 0.2) is 0 Å². The van der Waals surface area contributed by atoms with E-state index in [0.717, 1.165) is 41.6 Å². The molecule has 3 heterocycles. The van der Waals surface area contributed by atoms with Crippen LogP contribution in [0.1, 0.15) is 100 Å². The third-order valence-electron chi connectivity index (χ3n) is 7.27. The van der Waals surface area contributed by atoms with Gasteiger partial charge >= 0.3 is 5.97 Å². The molecule has 1 aliphatic rings. The number of carbonyl (C=O) groups is 2. The van der Waals surface area contributed by atoms with Crippen LogP contribution in [0.5, 0.6) is 5.75 Å². The van der Waals surface area contributed by atoms with Crippen molar-refractivity contribution in [3.63, 3.8) is 0 Å². The van der Waals surface area contributed by atoms with E-state index in [1.807, 2.05) is 35.2 Å². The van der Waals surface area contributed by atoms with Crippen LogP contribution in [0, 0.1) is 0 Å². The molecule has 200 valence electrons. The van der Waals surface area contributed by atoms with E-state index in [-0.39, 0.29) is 24.5 Å². The number of benzene rings is 1. The van der Waals surface area contributed by atoms with Crippen molar-refractivity contribution in [2.75, 3.05) is 13.7 Å². The molecular formula is C30H40N2O5. The number of nitrogens with one attached hydrogen (secondary N) is 1. The highest BCUT2D eigenvalue weighted by molar-refractivity contribution is 5.87. The average molecular weight is 509 g/mol. The number of methoxy groups -OCH3 is 1. The number of furan rings is 1. The van der Waals surface area contributed by atoms with Gasteiger partial charge in [-0.3, -0.25) is 9.59 Å². The van der Waals surface area contributed by atoms with Crippen molar-refractivity contribution in [1.29, 1.82) is 0 Å². The molecular weight excluding hydrogens is 468 g/mol. The number of esters is 1. The fourth-order valence-corrected chi connectivity index (χ4v) is 5.30. The number of hydrogen-bond donors (Lipinski definition) is 1. The maximum atomic E-state index is 13.5. The Morgan fingerprint density at radius 3 is 2.54 bits per heavy atom. The Balaban J connectivity index is 1.52. The molecule has 0 aliphatic carbocycles. The van der Waals surface area contributed by atoms with Gasteiger partial charge in [-0.2, -0.15) is 0 Å². The molecule has 4 rings (SSSR count). The smallest absolute Gasteiger partial charge is 0.303 e. The van der Waals surface area contributed by atoms with Crippen LogP contribution < -0.4 is 4.74 Å². The van der Waals surface area contributed by atoms with Gasteiger partial charge in [0.1, 0.15) is 29.9 Å². The molecule has 0 radical (unpaired) electrons. The van der Waals surface area contributed by atoms with Crippen LogP contribution in [0.3, 0.4) is 0 Å². The van der Waals surface area contributed by atoms with E-state index in [4.69, 9.17) is 13.9 Å². The first-order valence-electron chi connectivity index (χ1n) is 13.7.